The quantitative estimate of drug-likeness (QED) is 0.580. The number of rotatable bonds is 6. The maximum absolute atomic E-state index is 12.1. The molecule has 2 aromatic rings. The fraction of sp³-hybridized carbons (Fsp3) is 0.222. The number of halogens is 1. The third-order valence-corrected chi connectivity index (χ3v) is 3.67. The molecule has 1 amide bonds. The van der Waals surface area contributed by atoms with Crippen LogP contribution in [0, 0.1) is 0 Å². The van der Waals surface area contributed by atoms with Crippen LogP contribution in [0.5, 0.6) is 5.75 Å². The van der Waals surface area contributed by atoms with Crippen molar-refractivity contribution in [1.82, 2.24) is 5.32 Å². The van der Waals surface area contributed by atoms with Gasteiger partial charge in [0.15, 0.2) is 5.11 Å². The summed E-state index contributed by atoms with van der Waals surface area (Å²) in [6.45, 7) is 2.83. The highest BCUT2D eigenvalue weighted by Gasteiger charge is 2.07. The first-order chi connectivity index (χ1) is 11.6. The molecular weight excluding hydrogens is 344 g/mol. The van der Waals surface area contributed by atoms with Crippen molar-refractivity contribution >= 4 is 40.5 Å². The number of benzene rings is 2. The van der Waals surface area contributed by atoms with Gasteiger partial charge in [0.2, 0.25) is 0 Å². The number of carbonyl (C=O) groups excluding carboxylic acids is 1. The summed E-state index contributed by atoms with van der Waals surface area (Å²) in [6.07, 6.45) is 2.13. The van der Waals surface area contributed by atoms with Crippen molar-refractivity contribution in [3.63, 3.8) is 0 Å². The van der Waals surface area contributed by atoms with Gasteiger partial charge in [-0.15, -0.1) is 0 Å². The highest BCUT2D eigenvalue weighted by atomic mass is 35.5. The van der Waals surface area contributed by atoms with Crippen molar-refractivity contribution in [3.8, 4) is 5.75 Å². The zero-order valence-corrected chi connectivity index (χ0v) is 14.9. The van der Waals surface area contributed by atoms with E-state index in [1.165, 1.54) is 0 Å². The third kappa shape index (κ3) is 5.83. The maximum Gasteiger partial charge on any atom is 0.257 e. The van der Waals surface area contributed by atoms with Crippen molar-refractivity contribution in [2.75, 3.05) is 11.9 Å². The van der Waals surface area contributed by atoms with Crippen LogP contribution in [-0.2, 0) is 0 Å². The fourth-order valence-electron chi connectivity index (χ4n) is 1.91. The molecule has 0 atom stereocenters. The van der Waals surface area contributed by atoms with Gasteiger partial charge in [0.25, 0.3) is 5.91 Å². The molecule has 0 heterocycles. The van der Waals surface area contributed by atoms with Crippen molar-refractivity contribution in [2.24, 2.45) is 0 Å². The van der Waals surface area contributed by atoms with Crippen molar-refractivity contribution in [2.45, 2.75) is 19.8 Å². The molecule has 0 saturated carbocycles. The molecule has 2 rings (SSSR count). The molecule has 0 radical (unpaired) electrons. The zero-order valence-electron chi connectivity index (χ0n) is 13.3. The van der Waals surface area contributed by atoms with Gasteiger partial charge in [-0.2, -0.15) is 0 Å². The molecule has 126 valence electrons. The molecule has 0 aliphatic carbocycles. The van der Waals surface area contributed by atoms with Crippen LogP contribution in [0.25, 0.3) is 0 Å². The molecule has 0 fully saturated rings. The van der Waals surface area contributed by atoms with Gasteiger partial charge in [0.1, 0.15) is 5.75 Å². The number of unbranched alkanes of at least 4 members (excludes halogenated alkanes) is 1. The predicted molar refractivity (Wildman–Crippen MR) is 102 cm³/mol. The lowest BCUT2D eigenvalue weighted by Gasteiger charge is -2.11. The number of anilines is 1. The second kappa shape index (κ2) is 9.25. The highest BCUT2D eigenvalue weighted by Crippen LogP contribution is 2.16. The van der Waals surface area contributed by atoms with Gasteiger partial charge >= 0.3 is 0 Å². The standard InChI is InChI=1S/C18H19ClN2O2S/c1-2-3-12-23-16-10-8-15(9-11-16)20-18(24)21-17(22)13-4-6-14(19)7-5-13/h4-11H,2-3,12H2,1H3,(H2,20,21,22,24). The Morgan fingerprint density at radius 3 is 2.42 bits per heavy atom. The van der Waals surface area contributed by atoms with E-state index >= 15 is 0 Å². The van der Waals surface area contributed by atoms with Crippen molar-refractivity contribution < 1.29 is 9.53 Å². The Hall–Kier alpha value is -2.11. The van der Waals surface area contributed by atoms with Crippen LogP contribution in [-0.4, -0.2) is 17.6 Å². The fourth-order valence-corrected chi connectivity index (χ4v) is 2.24. The summed E-state index contributed by atoms with van der Waals surface area (Å²) in [5.74, 6) is 0.522. The summed E-state index contributed by atoms with van der Waals surface area (Å²) in [6, 6.07) is 14.0. The molecule has 2 N–H and O–H groups in total. The first-order valence-corrected chi connectivity index (χ1v) is 8.48. The molecule has 0 unspecified atom stereocenters. The highest BCUT2D eigenvalue weighted by molar-refractivity contribution is 7.80. The molecule has 0 aromatic heterocycles. The zero-order chi connectivity index (χ0) is 17.4. The molecule has 24 heavy (non-hydrogen) atoms. The lowest BCUT2D eigenvalue weighted by atomic mass is 10.2. The number of carbonyl (C=O) groups is 1. The Kier molecular flexibility index (Phi) is 7.03. The lowest BCUT2D eigenvalue weighted by molar-refractivity contribution is 0.0977. The van der Waals surface area contributed by atoms with Gasteiger partial charge in [0, 0.05) is 16.3 Å². The summed E-state index contributed by atoms with van der Waals surface area (Å²) in [5.41, 5.74) is 1.27. The van der Waals surface area contributed by atoms with E-state index in [0.717, 1.165) is 24.3 Å². The SMILES string of the molecule is CCCCOc1ccc(NC(=S)NC(=O)c2ccc(Cl)cc2)cc1. The predicted octanol–water partition coefficient (Wildman–Crippen LogP) is 4.65. The minimum absolute atomic E-state index is 0.231. The van der Waals surface area contributed by atoms with E-state index < -0.39 is 0 Å². The van der Waals surface area contributed by atoms with Crippen LogP contribution in [0.4, 0.5) is 5.69 Å². The number of hydrogen-bond acceptors (Lipinski definition) is 3. The average Bonchev–Trinajstić information content (AvgIpc) is 2.57. The Morgan fingerprint density at radius 2 is 1.79 bits per heavy atom. The van der Waals surface area contributed by atoms with Crippen LogP contribution >= 0.6 is 23.8 Å². The van der Waals surface area contributed by atoms with Gasteiger partial charge in [-0.05, 0) is 67.2 Å². The van der Waals surface area contributed by atoms with Crippen LogP contribution in [0.1, 0.15) is 30.1 Å². The molecule has 0 bridgehead atoms. The van der Waals surface area contributed by atoms with Gasteiger partial charge in [0.05, 0.1) is 6.61 Å². The summed E-state index contributed by atoms with van der Waals surface area (Å²) < 4.78 is 5.60. The van der Waals surface area contributed by atoms with Crippen LogP contribution in [0.3, 0.4) is 0 Å². The van der Waals surface area contributed by atoms with Crippen molar-refractivity contribution in [1.29, 1.82) is 0 Å². The number of thiocarbonyl (C=S) groups is 1. The summed E-state index contributed by atoms with van der Waals surface area (Å²) in [5, 5.41) is 6.40. The smallest absolute Gasteiger partial charge is 0.257 e. The van der Waals surface area contributed by atoms with Gasteiger partial charge in [-0.1, -0.05) is 24.9 Å². The summed E-state index contributed by atoms with van der Waals surface area (Å²) in [7, 11) is 0. The Bertz CT molecular complexity index is 687. The maximum atomic E-state index is 12.1. The summed E-state index contributed by atoms with van der Waals surface area (Å²) in [4.78, 5) is 12.1. The lowest BCUT2D eigenvalue weighted by Crippen LogP contribution is -2.34. The number of hydrogen-bond donors (Lipinski definition) is 2. The Morgan fingerprint density at radius 1 is 1.12 bits per heavy atom. The second-order valence-corrected chi connectivity index (χ2v) is 5.99. The van der Waals surface area contributed by atoms with E-state index in [1.807, 2.05) is 24.3 Å². The van der Waals surface area contributed by atoms with Crippen LogP contribution < -0.4 is 15.4 Å². The molecule has 4 nitrogen and oxygen atoms in total. The third-order valence-electron chi connectivity index (χ3n) is 3.21. The second-order valence-electron chi connectivity index (χ2n) is 5.14. The van der Waals surface area contributed by atoms with Crippen LogP contribution in [0.2, 0.25) is 5.02 Å². The van der Waals surface area contributed by atoms with E-state index in [1.54, 1.807) is 24.3 Å². The molecule has 0 aliphatic rings. The molecule has 6 heteroatoms. The normalized spacial score (nSPS) is 10.1. The first-order valence-electron chi connectivity index (χ1n) is 7.69. The number of ether oxygens (including phenoxy) is 1. The van der Waals surface area contributed by atoms with E-state index in [-0.39, 0.29) is 11.0 Å². The molecule has 0 saturated heterocycles. The van der Waals surface area contributed by atoms with Gasteiger partial charge in [-0.25, -0.2) is 0 Å². The van der Waals surface area contributed by atoms with E-state index in [0.29, 0.717) is 17.2 Å². The largest absolute Gasteiger partial charge is 0.494 e. The van der Waals surface area contributed by atoms with E-state index in [9.17, 15) is 4.79 Å². The average molecular weight is 363 g/mol. The number of nitrogens with one attached hydrogen (secondary N) is 2. The van der Waals surface area contributed by atoms with Crippen molar-refractivity contribution in [3.05, 3.63) is 59.1 Å². The monoisotopic (exact) mass is 362 g/mol. The summed E-state index contributed by atoms with van der Waals surface area (Å²) >= 11 is 11.0. The van der Waals surface area contributed by atoms with Gasteiger partial charge < -0.3 is 10.1 Å². The molecular formula is C18H19ClN2O2S. The molecule has 0 spiro atoms. The minimum Gasteiger partial charge on any atom is -0.494 e. The van der Waals surface area contributed by atoms with Crippen LogP contribution in [0.15, 0.2) is 48.5 Å². The minimum atomic E-state index is -0.288. The Labute approximate surface area is 152 Å². The molecule has 2 aromatic carbocycles. The Balaban J connectivity index is 1.85. The van der Waals surface area contributed by atoms with E-state index in [2.05, 4.69) is 17.6 Å². The molecule has 0 aliphatic heterocycles. The topological polar surface area (TPSA) is 50.4 Å². The number of amides is 1. The van der Waals surface area contributed by atoms with E-state index in [4.69, 9.17) is 28.6 Å². The van der Waals surface area contributed by atoms with Gasteiger partial charge in [-0.3, -0.25) is 10.1 Å². The first kappa shape index (κ1) is 18.2.